The summed E-state index contributed by atoms with van der Waals surface area (Å²) in [7, 11) is 0. The van der Waals surface area contributed by atoms with Crippen LogP contribution in [0.1, 0.15) is 0 Å². The van der Waals surface area contributed by atoms with Crippen LogP contribution in [0.15, 0.2) is 0 Å². The lowest BCUT2D eigenvalue weighted by Gasteiger charge is -2.19. The van der Waals surface area contributed by atoms with Gasteiger partial charge >= 0.3 is 5.54 Å². The summed E-state index contributed by atoms with van der Waals surface area (Å²) in [6.07, 6.45) is -11.7. The van der Waals surface area contributed by atoms with E-state index in [2.05, 4.69) is 14.5 Å². The van der Waals surface area contributed by atoms with Crippen molar-refractivity contribution in [3.05, 3.63) is 40.5 Å². The van der Waals surface area contributed by atoms with Gasteiger partial charge in [-0.3, -0.25) is 24.6 Å². The van der Waals surface area contributed by atoms with Crippen LogP contribution < -0.4 is 0 Å². The molecule has 0 bridgehead atoms. The Morgan fingerprint density at radius 1 is 0.640 bits per heavy atom. The summed E-state index contributed by atoms with van der Waals surface area (Å²) in [6, 6.07) is 0. The summed E-state index contributed by atoms with van der Waals surface area (Å²) >= 11 is 0. The van der Waals surface area contributed by atoms with E-state index >= 15 is 0 Å². The van der Waals surface area contributed by atoms with Gasteiger partial charge < -0.3 is 14.2 Å². The highest BCUT2D eigenvalue weighted by atomic mass is 17.0. The Labute approximate surface area is 133 Å². The molecule has 0 aromatic rings. The molecule has 3 saturated heterocycles. The van der Waals surface area contributed by atoms with Gasteiger partial charge in [-0.1, -0.05) is 0 Å². The SMILES string of the molecule is O=[N+]([O-])OC1OC2C(O[N+](=O)[O-])OC3C(O[N+](=O)[O-])OC1C32[N+](=O)[O-]. The minimum atomic E-state index is -2.53. The maximum Gasteiger partial charge on any atom is 0.312 e. The zero-order chi connectivity index (χ0) is 18.5. The maximum atomic E-state index is 11.6. The van der Waals surface area contributed by atoms with Crippen molar-refractivity contribution in [2.75, 3.05) is 0 Å². The lowest BCUT2D eigenvalue weighted by Crippen LogP contribution is -2.56. The van der Waals surface area contributed by atoms with Gasteiger partial charge in [0.15, 0.2) is 18.3 Å². The first kappa shape index (κ1) is 16.7. The minimum Gasteiger partial charge on any atom is -0.334 e. The van der Waals surface area contributed by atoms with Crippen molar-refractivity contribution in [2.45, 2.75) is 42.7 Å². The fourth-order valence-electron chi connectivity index (χ4n) is 3.11. The third-order valence-corrected chi connectivity index (χ3v) is 3.84. The van der Waals surface area contributed by atoms with Gasteiger partial charge in [-0.15, -0.1) is 30.3 Å². The Hall–Kier alpha value is -3.12. The Morgan fingerprint density at radius 3 is 1.12 bits per heavy atom. The Morgan fingerprint density at radius 2 is 0.920 bits per heavy atom. The Bertz CT molecular complexity index is 565. The van der Waals surface area contributed by atoms with Gasteiger partial charge in [0.25, 0.3) is 15.3 Å². The maximum absolute atomic E-state index is 11.6. The van der Waals surface area contributed by atoms with E-state index in [9.17, 15) is 40.5 Å². The second-order valence-corrected chi connectivity index (χ2v) is 4.91. The number of nitro groups is 1. The first-order valence-electron chi connectivity index (χ1n) is 6.22. The van der Waals surface area contributed by atoms with Gasteiger partial charge in [0, 0.05) is 4.92 Å². The van der Waals surface area contributed by atoms with Crippen LogP contribution in [0.3, 0.4) is 0 Å². The first-order valence-corrected chi connectivity index (χ1v) is 6.22. The van der Waals surface area contributed by atoms with Gasteiger partial charge in [0.1, 0.15) is 0 Å². The summed E-state index contributed by atoms with van der Waals surface area (Å²) in [5.41, 5.74) is -2.53. The van der Waals surface area contributed by atoms with Crippen molar-refractivity contribution >= 4 is 0 Å². The molecule has 0 amide bonds. The van der Waals surface area contributed by atoms with Gasteiger partial charge in [-0.25, -0.2) is 0 Å². The molecule has 3 aliphatic rings. The highest BCUT2D eigenvalue weighted by Crippen LogP contribution is 2.53. The summed E-state index contributed by atoms with van der Waals surface area (Å²) in [6.45, 7) is 0. The Balaban J connectivity index is 2.01. The molecule has 18 heteroatoms. The molecule has 18 nitrogen and oxygen atoms in total. The summed E-state index contributed by atoms with van der Waals surface area (Å²) < 4.78 is 14.9. The standard InChI is InChI=1S/C7H6N4O14/c12-8(13)7-1-4(23-9(14)15)21-3(7)6(25-11(18)19)22-2(7)5(20-1)24-10(16)17/h1-6H. The molecule has 6 unspecified atom stereocenters. The summed E-state index contributed by atoms with van der Waals surface area (Å²) in [5, 5.41) is 39.2. The van der Waals surface area contributed by atoms with Crippen LogP contribution >= 0.6 is 0 Å². The molecule has 3 fully saturated rings. The summed E-state index contributed by atoms with van der Waals surface area (Å²) in [4.78, 5) is 54.5. The predicted octanol–water partition coefficient (Wildman–Crippen LogP) is -2.20. The van der Waals surface area contributed by atoms with Crippen LogP contribution in [0.25, 0.3) is 0 Å². The smallest absolute Gasteiger partial charge is 0.312 e. The topological polar surface area (TPSA) is 228 Å². The molecule has 0 spiro atoms. The molecule has 0 aromatic carbocycles. The van der Waals surface area contributed by atoms with Crippen LogP contribution in [-0.4, -0.2) is 62.9 Å². The monoisotopic (exact) mass is 370 g/mol. The quantitative estimate of drug-likeness (QED) is 0.342. The zero-order valence-electron chi connectivity index (χ0n) is 11.5. The second kappa shape index (κ2) is 5.46. The second-order valence-electron chi connectivity index (χ2n) is 4.91. The minimum absolute atomic E-state index is 1.04. The van der Waals surface area contributed by atoms with E-state index in [0.29, 0.717) is 0 Å². The summed E-state index contributed by atoms with van der Waals surface area (Å²) in [5.74, 6) is 0. The van der Waals surface area contributed by atoms with E-state index in [1.165, 1.54) is 0 Å². The molecule has 3 heterocycles. The van der Waals surface area contributed by atoms with Crippen molar-refractivity contribution < 1.29 is 48.9 Å². The molecule has 138 valence electrons. The van der Waals surface area contributed by atoms with Gasteiger partial charge in [0.05, 0.1) is 0 Å². The molecule has 25 heavy (non-hydrogen) atoms. The first-order chi connectivity index (χ1) is 11.7. The normalized spacial score (nSPS) is 41.0. The van der Waals surface area contributed by atoms with Crippen molar-refractivity contribution in [2.24, 2.45) is 0 Å². The van der Waals surface area contributed by atoms with E-state index in [0.717, 1.165) is 0 Å². The highest BCUT2D eigenvalue weighted by molar-refractivity contribution is 5.17. The molecule has 0 N–H and O–H groups in total. The number of ether oxygens (including phenoxy) is 3. The molecule has 6 atom stereocenters. The van der Waals surface area contributed by atoms with Crippen LogP contribution in [-0.2, 0) is 28.7 Å². The van der Waals surface area contributed by atoms with Crippen LogP contribution in [0.4, 0.5) is 0 Å². The Kier molecular flexibility index (Phi) is 3.65. The van der Waals surface area contributed by atoms with Crippen LogP contribution in [0.2, 0.25) is 0 Å². The van der Waals surface area contributed by atoms with E-state index in [1.807, 2.05) is 0 Å². The lowest BCUT2D eigenvalue weighted by molar-refractivity contribution is -0.788. The van der Waals surface area contributed by atoms with Gasteiger partial charge in [-0.05, 0) is 0 Å². The molecular weight excluding hydrogens is 364 g/mol. The van der Waals surface area contributed by atoms with Gasteiger partial charge in [-0.2, -0.15) is 0 Å². The van der Waals surface area contributed by atoms with E-state index in [4.69, 9.17) is 14.2 Å². The number of rotatable bonds is 7. The predicted molar refractivity (Wildman–Crippen MR) is 59.9 cm³/mol. The number of nitrogens with zero attached hydrogens (tertiary/aromatic N) is 4. The van der Waals surface area contributed by atoms with Crippen molar-refractivity contribution in [1.29, 1.82) is 0 Å². The highest BCUT2D eigenvalue weighted by Gasteiger charge is 2.85. The lowest BCUT2D eigenvalue weighted by atomic mass is 9.87. The van der Waals surface area contributed by atoms with Crippen molar-refractivity contribution in [1.82, 2.24) is 0 Å². The number of hydrogen-bond acceptors (Lipinski definition) is 14. The third-order valence-electron chi connectivity index (χ3n) is 3.84. The average Bonchev–Trinajstić information content (AvgIpc) is 3.03. The fourth-order valence-corrected chi connectivity index (χ4v) is 3.11. The average molecular weight is 370 g/mol. The number of hydrogen-bond donors (Lipinski definition) is 0. The largest absolute Gasteiger partial charge is 0.334 e. The molecular formula is C7H6N4O14. The van der Waals surface area contributed by atoms with E-state index in [-0.39, 0.29) is 0 Å². The van der Waals surface area contributed by atoms with Crippen molar-refractivity contribution in [3.8, 4) is 0 Å². The van der Waals surface area contributed by atoms with Crippen molar-refractivity contribution in [3.63, 3.8) is 0 Å². The molecule has 0 saturated carbocycles. The molecule has 3 aliphatic heterocycles. The zero-order valence-corrected chi connectivity index (χ0v) is 11.5. The van der Waals surface area contributed by atoms with Crippen LogP contribution in [0.5, 0.6) is 0 Å². The fraction of sp³-hybridized carbons (Fsp3) is 1.00. The van der Waals surface area contributed by atoms with E-state index in [1.54, 1.807) is 0 Å². The molecule has 3 rings (SSSR count). The molecule has 0 aliphatic carbocycles. The molecule has 0 aromatic heterocycles. The van der Waals surface area contributed by atoms with E-state index < -0.39 is 62.9 Å². The molecule has 0 radical (unpaired) electrons. The third kappa shape index (κ3) is 2.30. The van der Waals surface area contributed by atoms with Gasteiger partial charge in [0.2, 0.25) is 18.9 Å². The van der Waals surface area contributed by atoms with Crippen LogP contribution in [0, 0.1) is 40.5 Å².